The SMILES string of the molecule is CC(C)C(SC(c1ccccc1)(c1ccccc1)c1ccccc1)C(CCCNCCN)C(N)=O. The molecule has 5 N–H and O–H groups in total. The number of carbonyl (C=O) groups excluding carboxylic acids is 1. The fourth-order valence-electron chi connectivity index (χ4n) is 4.75. The summed E-state index contributed by atoms with van der Waals surface area (Å²) in [5.74, 6) is -0.210. The number of thioether (sulfide) groups is 1. The summed E-state index contributed by atoms with van der Waals surface area (Å²) in [5, 5.41) is 3.37. The fourth-order valence-corrected chi connectivity index (χ4v) is 6.68. The van der Waals surface area contributed by atoms with Crippen LogP contribution in [0.5, 0.6) is 0 Å². The molecule has 3 rings (SSSR count). The number of carbonyl (C=O) groups is 1. The molecule has 0 bridgehead atoms. The lowest BCUT2D eigenvalue weighted by atomic mass is 9.84. The van der Waals surface area contributed by atoms with Crippen LogP contribution in [0.15, 0.2) is 91.0 Å². The fraction of sp³-hybridized carbons (Fsp3) is 0.367. The first-order valence-corrected chi connectivity index (χ1v) is 13.4. The number of hydrogen-bond acceptors (Lipinski definition) is 4. The molecule has 0 spiro atoms. The van der Waals surface area contributed by atoms with E-state index in [9.17, 15) is 4.79 Å². The first-order valence-electron chi connectivity index (χ1n) is 12.5. The van der Waals surface area contributed by atoms with Gasteiger partial charge < -0.3 is 16.8 Å². The van der Waals surface area contributed by atoms with Crippen molar-refractivity contribution in [3.8, 4) is 0 Å². The number of benzene rings is 3. The van der Waals surface area contributed by atoms with Crippen LogP contribution in [0.25, 0.3) is 0 Å². The lowest BCUT2D eigenvalue weighted by molar-refractivity contribution is -0.122. The molecule has 35 heavy (non-hydrogen) atoms. The quantitative estimate of drug-likeness (QED) is 0.216. The summed E-state index contributed by atoms with van der Waals surface area (Å²) < 4.78 is -0.482. The van der Waals surface area contributed by atoms with Gasteiger partial charge in [0.05, 0.1) is 4.75 Å². The van der Waals surface area contributed by atoms with E-state index < -0.39 is 4.75 Å². The molecule has 3 aromatic carbocycles. The number of rotatable bonds is 14. The lowest BCUT2D eigenvalue weighted by Gasteiger charge is -2.41. The largest absolute Gasteiger partial charge is 0.369 e. The maximum Gasteiger partial charge on any atom is 0.221 e. The van der Waals surface area contributed by atoms with Gasteiger partial charge in [0.15, 0.2) is 0 Å². The van der Waals surface area contributed by atoms with Gasteiger partial charge in [-0.15, -0.1) is 11.8 Å². The molecule has 1 amide bonds. The van der Waals surface area contributed by atoms with Gasteiger partial charge in [-0.2, -0.15) is 0 Å². The van der Waals surface area contributed by atoms with Crippen LogP contribution in [-0.2, 0) is 9.54 Å². The van der Waals surface area contributed by atoms with Gasteiger partial charge in [0.1, 0.15) is 0 Å². The first kappa shape index (κ1) is 27.0. The maximum atomic E-state index is 12.8. The van der Waals surface area contributed by atoms with E-state index in [1.165, 1.54) is 16.7 Å². The number of nitrogens with one attached hydrogen (secondary N) is 1. The van der Waals surface area contributed by atoms with E-state index in [4.69, 9.17) is 11.5 Å². The van der Waals surface area contributed by atoms with Crippen LogP contribution in [0.1, 0.15) is 43.4 Å². The Bertz CT molecular complexity index is 915. The number of hydrogen-bond donors (Lipinski definition) is 3. The molecule has 0 aliphatic heterocycles. The highest BCUT2D eigenvalue weighted by molar-refractivity contribution is 8.01. The van der Waals surface area contributed by atoms with Crippen LogP contribution in [0, 0.1) is 11.8 Å². The summed E-state index contributed by atoms with van der Waals surface area (Å²) in [5.41, 5.74) is 15.2. The van der Waals surface area contributed by atoms with E-state index in [1.807, 2.05) is 11.8 Å². The summed E-state index contributed by atoms with van der Waals surface area (Å²) in [6.07, 6.45) is 1.63. The molecule has 5 heteroatoms. The molecular formula is C30H39N3OS. The molecule has 0 saturated carbocycles. The van der Waals surface area contributed by atoms with Crippen molar-refractivity contribution in [2.24, 2.45) is 23.3 Å². The molecule has 0 aromatic heterocycles. The van der Waals surface area contributed by atoms with E-state index in [0.717, 1.165) is 25.9 Å². The minimum Gasteiger partial charge on any atom is -0.369 e. The van der Waals surface area contributed by atoms with Crippen molar-refractivity contribution < 1.29 is 4.79 Å². The third-order valence-corrected chi connectivity index (χ3v) is 8.67. The molecule has 186 valence electrons. The second-order valence-corrected chi connectivity index (χ2v) is 10.7. The van der Waals surface area contributed by atoms with Crippen molar-refractivity contribution in [2.75, 3.05) is 19.6 Å². The topological polar surface area (TPSA) is 81.1 Å². The smallest absolute Gasteiger partial charge is 0.221 e. The molecule has 0 aliphatic rings. The van der Waals surface area contributed by atoms with E-state index in [2.05, 4.69) is 110 Å². The third kappa shape index (κ3) is 6.75. The highest BCUT2D eigenvalue weighted by Crippen LogP contribution is 2.53. The maximum absolute atomic E-state index is 12.8. The van der Waals surface area contributed by atoms with Crippen LogP contribution >= 0.6 is 11.8 Å². The second-order valence-electron chi connectivity index (χ2n) is 9.30. The van der Waals surface area contributed by atoms with E-state index in [-0.39, 0.29) is 23.0 Å². The Hall–Kier alpha value is -2.60. The van der Waals surface area contributed by atoms with Gasteiger partial charge >= 0.3 is 0 Å². The molecule has 3 aromatic rings. The minimum atomic E-state index is -0.482. The van der Waals surface area contributed by atoms with Gasteiger partial charge in [0, 0.05) is 24.3 Å². The summed E-state index contributed by atoms with van der Waals surface area (Å²) in [6, 6.07) is 31.9. The van der Waals surface area contributed by atoms with Gasteiger partial charge in [0.2, 0.25) is 5.91 Å². The molecule has 0 aliphatic carbocycles. The Morgan fingerprint density at radius 1 is 0.829 bits per heavy atom. The van der Waals surface area contributed by atoms with Gasteiger partial charge in [0.25, 0.3) is 0 Å². The van der Waals surface area contributed by atoms with Crippen molar-refractivity contribution in [2.45, 2.75) is 36.7 Å². The van der Waals surface area contributed by atoms with Crippen LogP contribution in [-0.4, -0.2) is 30.8 Å². The van der Waals surface area contributed by atoms with Gasteiger partial charge in [-0.25, -0.2) is 0 Å². The van der Waals surface area contributed by atoms with Gasteiger partial charge in [-0.1, -0.05) is 105 Å². The van der Waals surface area contributed by atoms with Crippen molar-refractivity contribution in [1.82, 2.24) is 5.32 Å². The third-order valence-electron chi connectivity index (χ3n) is 6.46. The molecule has 2 unspecified atom stereocenters. The van der Waals surface area contributed by atoms with Gasteiger partial charge in [-0.05, 0) is 42.0 Å². The van der Waals surface area contributed by atoms with Crippen LogP contribution in [0.4, 0.5) is 0 Å². The number of nitrogens with two attached hydrogens (primary N) is 2. The summed E-state index contributed by atoms with van der Waals surface area (Å²) >= 11 is 1.87. The standard InChI is InChI=1S/C30H39N3OS/c1-23(2)28(27(29(32)34)19-12-21-33-22-20-31)35-30(24-13-6-3-7-14-24,25-15-8-4-9-16-25)26-17-10-5-11-18-26/h3-11,13-18,23,27-28,33H,12,19-22,31H2,1-2H3,(H2,32,34). The van der Waals surface area contributed by atoms with E-state index in [0.29, 0.717) is 6.54 Å². The number of primary amides is 1. The minimum absolute atomic E-state index is 0.0302. The van der Waals surface area contributed by atoms with Crippen LogP contribution in [0.2, 0.25) is 0 Å². The molecule has 0 heterocycles. The molecular weight excluding hydrogens is 450 g/mol. The zero-order chi connectivity index (χ0) is 25.1. The summed E-state index contributed by atoms with van der Waals surface area (Å²) in [7, 11) is 0. The Labute approximate surface area is 214 Å². The molecule has 0 saturated heterocycles. The number of amides is 1. The van der Waals surface area contributed by atoms with E-state index >= 15 is 0 Å². The van der Waals surface area contributed by atoms with E-state index in [1.54, 1.807) is 0 Å². The van der Waals surface area contributed by atoms with Crippen molar-refractivity contribution in [3.63, 3.8) is 0 Å². The molecule has 4 nitrogen and oxygen atoms in total. The lowest BCUT2D eigenvalue weighted by Crippen LogP contribution is -2.39. The Morgan fingerprint density at radius 3 is 1.66 bits per heavy atom. The van der Waals surface area contributed by atoms with Crippen molar-refractivity contribution >= 4 is 17.7 Å². The highest BCUT2D eigenvalue weighted by atomic mass is 32.2. The zero-order valence-electron chi connectivity index (χ0n) is 20.9. The Balaban J connectivity index is 2.10. The van der Waals surface area contributed by atoms with Crippen LogP contribution < -0.4 is 16.8 Å². The predicted molar refractivity (Wildman–Crippen MR) is 149 cm³/mol. The van der Waals surface area contributed by atoms with Crippen molar-refractivity contribution in [3.05, 3.63) is 108 Å². The normalized spacial score (nSPS) is 13.5. The molecule has 0 radical (unpaired) electrons. The van der Waals surface area contributed by atoms with Crippen LogP contribution in [0.3, 0.4) is 0 Å². The molecule has 0 fully saturated rings. The second kappa shape index (κ2) is 13.5. The summed E-state index contributed by atoms with van der Waals surface area (Å²) in [6.45, 7) is 6.62. The zero-order valence-corrected chi connectivity index (χ0v) is 21.7. The average molecular weight is 490 g/mol. The van der Waals surface area contributed by atoms with Gasteiger partial charge in [-0.3, -0.25) is 4.79 Å². The highest BCUT2D eigenvalue weighted by Gasteiger charge is 2.43. The average Bonchev–Trinajstić information content (AvgIpc) is 2.89. The Morgan fingerprint density at radius 2 is 1.29 bits per heavy atom. The molecule has 2 atom stereocenters. The Kier molecular flexibility index (Phi) is 10.4. The monoisotopic (exact) mass is 489 g/mol. The van der Waals surface area contributed by atoms with Crippen molar-refractivity contribution in [1.29, 1.82) is 0 Å². The summed E-state index contributed by atoms with van der Waals surface area (Å²) in [4.78, 5) is 12.8. The predicted octanol–water partition coefficient (Wildman–Crippen LogP) is 5.17. The first-order chi connectivity index (χ1) is 17.0.